The van der Waals surface area contributed by atoms with Crippen LogP contribution in [0.15, 0.2) is 33.7 Å². The van der Waals surface area contributed by atoms with E-state index in [-0.39, 0.29) is 23.0 Å². The molecule has 3 heterocycles. The van der Waals surface area contributed by atoms with Crippen LogP contribution in [-0.2, 0) is 10.0 Å². The van der Waals surface area contributed by atoms with E-state index in [9.17, 15) is 17.2 Å². The second-order valence-electron chi connectivity index (χ2n) is 7.73. The third-order valence-electron chi connectivity index (χ3n) is 5.79. The average Bonchev–Trinajstić information content (AvgIpc) is 3.16. The first-order chi connectivity index (χ1) is 14.7. The van der Waals surface area contributed by atoms with Gasteiger partial charge in [-0.2, -0.15) is 13.1 Å². The molecule has 1 fully saturated rings. The lowest BCUT2D eigenvalue weighted by molar-refractivity contribution is 0.0649. The van der Waals surface area contributed by atoms with E-state index in [4.69, 9.17) is 4.52 Å². The van der Waals surface area contributed by atoms with Crippen LogP contribution < -0.4 is 0 Å². The monoisotopic (exact) mass is 453 g/mol. The van der Waals surface area contributed by atoms with E-state index < -0.39 is 22.6 Å². The number of nitrogens with zero attached hydrogens (tertiary/aromatic N) is 5. The molecule has 11 heteroatoms. The summed E-state index contributed by atoms with van der Waals surface area (Å²) in [7, 11) is -3.75. The van der Waals surface area contributed by atoms with Gasteiger partial charge in [0.15, 0.2) is 5.76 Å². The second kappa shape index (κ2) is 8.29. The minimum atomic E-state index is -3.75. The topological polar surface area (TPSA) is 84.5 Å². The van der Waals surface area contributed by atoms with Gasteiger partial charge >= 0.3 is 6.55 Å². The Balaban J connectivity index is 1.58. The molecule has 168 valence electrons. The zero-order valence-corrected chi connectivity index (χ0v) is 18.4. The molecule has 0 spiro atoms. The maximum absolute atomic E-state index is 13.9. The number of imidazole rings is 1. The molecule has 1 unspecified atom stereocenters. The Kier molecular flexibility index (Phi) is 5.84. The van der Waals surface area contributed by atoms with Crippen LogP contribution >= 0.6 is 0 Å². The first-order valence-electron chi connectivity index (χ1n) is 10.1. The van der Waals surface area contributed by atoms with Crippen molar-refractivity contribution in [3.8, 4) is 0 Å². The Morgan fingerprint density at radius 2 is 1.84 bits per heavy atom. The third-order valence-corrected chi connectivity index (χ3v) is 7.94. The fourth-order valence-electron chi connectivity index (χ4n) is 4.24. The Morgan fingerprint density at radius 1 is 1.10 bits per heavy atom. The highest BCUT2D eigenvalue weighted by Crippen LogP contribution is 2.31. The smallest absolute Gasteiger partial charge is 0.320 e. The highest BCUT2D eigenvalue weighted by atomic mass is 32.2. The molecule has 4 rings (SSSR count). The van der Waals surface area contributed by atoms with Crippen molar-refractivity contribution >= 4 is 21.1 Å². The van der Waals surface area contributed by atoms with E-state index in [0.717, 1.165) is 4.57 Å². The molecule has 0 radical (unpaired) electrons. The number of alkyl halides is 2. The third kappa shape index (κ3) is 3.85. The van der Waals surface area contributed by atoms with Crippen molar-refractivity contribution in [1.82, 2.24) is 23.9 Å². The lowest BCUT2D eigenvalue weighted by Gasteiger charge is -2.27. The van der Waals surface area contributed by atoms with Gasteiger partial charge in [-0.1, -0.05) is 17.3 Å². The Labute approximate surface area is 179 Å². The van der Waals surface area contributed by atoms with E-state index in [2.05, 4.69) is 10.1 Å². The van der Waals surface area contributed by atoms with E-state index in [1.807, 2.05) is 11.8 Å². The number of rotatable bonds is 5. The summed E-state index contributed by atoms with van der Waals surface area (Å²) in [5.74, 6) is 0.538. The highest BCUT2D eigenvalue weighted by molar-refractivity contribution is 7.89. The zero-order valence-electron chi connectivity index (χ0n) is 17.6. The summed E-state index contributed by atoms with van der Waals surface area (Å²) in [5.41, 5.74) is 1.23. The normalized spacial score (nSPS) is 18.0. The molecule has 2 aromatic heterocycles. The number of halogens is 2. The lowest BCUT2D eigenvalue weighted by atomic mass is 10.2. The summed E-state index contributed by atoms with van der Waals surface area (Å²) in [4.78, 5) is 6.57. The summed E-state index contributed by atoms with van der Waals surface area (Å²) in [6.45, 7) is 3.84. The standard InChI is InChI=1S/C20H25F2N5O3S/c1-13-18(15(3)30-24-13)31(28,29)26-10-6-9-25(11-12-26)14(2)19-23-16-7-4-5-8-17(16)27(19)20(21)22/h4-5,7-8,14,20H,6,9-12H2,1-3H3. The molecule has 1 aromatic carbocycles. The van der Waals surface area contributed by atoms with Crippen molar-refractivity contribution in [3.63, 3.8) is 0 Å². The van der Waals surface area contributed by atoms with Gasteiger partial charge in [-0.15, -0.1) is 0 Å². The predicted octanol–water partition coefficient (Wildman–Crippen LogP) is 3.49. The molecule has 0 amide bonds. The van der Waals surface area contributed by atoms with Gasteiger partial charge in [0.1, 0.15) is 16.4 Å². The maximum atomic E-state index is 13.9. The molecular formula is C20H25F2N5O3S. The largest absolute Gasteiger partial charge is 0.360 e. The van der Waals surface area contributed by atoms with Gasteiger partial charge < -0.3 is 4.52 Å². The molecule has 0 N–H and O–H groups in total. The van der Waals surface area contributed by atoms with E-state index in [0.29, 0.717) is 42.8 Å². The molecule has 1 atom stereocenters. The molecule has 1 aliphatic heterocycles. The van der Waals surface area contributed by atoms with Crippen LogP contribution in [0.5, 0.6) is 0 Å². The number of hydrogen-bond acceptors (Lipinski definition) is 6. The summed E-state index contributed by atoms with van der Waals surface area (Å²) in [6.07, 6.45) is 0.571. The van der Waals surface area contributed by atoms with Crippen LogP contribution in [0.1, 0.15) is 43.2 Å². The first kappa shape index (κ1) is 21.8. The van der Waals surface area contributed by atoms with Gasteiger partial charge in [0.05, 0.1) is 17.1 Å². The molecule has 31 heavy (non-hydrogen) atoms. The van der Waals surface area contributed by atoms with Crippen molar-refractivity contribution in [2.75, 3.05) is 26.2 Å². The fraction of sp³-hybridized carbons (Fsp3) is 0.500. The minimum Gasteiger partial charge on any atom is -0.360 e. The van der Waals surface area contributed by atoms with Crippen molar-refractivity contribution in [2.24, 2.45) is 0 Å². The summed E-state index contributed by atoms with van der Waals surface area (Å²) in [5, 5.41) is 3.76. The molecule has 3 aromatic rings. The highest BCUT2D eigenvalue weighted by Gasteiger charge is 2.34. The Hall–Kier alpha value is -2.37. The van der Waals surface area contributed by atoms with Crippen molar-refractivity contribution < 1.29 is 21.7 Å². The van der Waals surface area contributed by atoms with E-state index in [1.54, 1.807) is 38.1 Å². The number of para-hydroxylation sites is 2. The van der Waals surface area contributed by atoms with Crippen molar-refractivity contribution in [2.45, 2.75) is 44.7 Å². The van der Waals surface area contributed by atoms with Crippen molar-refractivity contribution in [1.29, 1.82) is 0 Å². The number of fused-ring (bicyclic) bond motifs is 1. The quantitative estimate of drug-likeness (QED) is 0.588. The van der Waals surface area contributed by atoms with Gasteiger partial charge in [-0.05, 0) is 39.3 Å². The molecule has 8 nitrogen and oxygen atoms in total. The van der Waals surface area contributed by atoms with Gasteiger partial charge in [0.2, 0.25) is 10.0 Å². The molecular weight excluding hydrogens is 428 g/mol. The first-order valence-corrected chi connectivity index (χ1v) is 11.6. The Morgan fingerprint density at radius 3 is 2.52 bits per heavy atom. The summed E-state index contributed by atoms with van der Waals surface area (Å²) >= 11 is 0. The van der Waals surface area contributed by atoms with Crippen LogP contribution in [0.2, 0.25) is 0 Å². The van der Waals surface area contributed by atoms with Crippen LogP contribution in [0, 0.1) is 13.8 Å². The summed E-state index contributed by atoms with van der Waals surface area (Å²) < 4.78 is 61.4. The number of benzene rings is 1. The van der Waals surface area contributed by atoms with Gasteiger partial charge in [0, 0.05) is 26.2 Å². The number of aromatic nitrogens is 3. The second-order valence-corrected chi connectivity index (χ2v) is 9.60. The van der Waals surface area contributed by atoms with E-state index >= 15 is 0 Å². The molecule has 1 aliphatic rings. The molecule has 0 saturated carbocycles. The van der Waals surface area contributed by atoms with E-state index in [1.165, 1.54) is 4.31 Å². The number of hydrogen-bond donors (Lipinski definition) is 0. The SMILES string of the molecule is Cc1noc(C)c1S(=O)(=O)N1CCCN(C(C)c2nc3ccccc3n2C(F)F)CC1. The molecule has 0 aliphatic carbocycles. The molecule has 1 saturated heterocycles. The van der Waals surface area contributed by atoms with Gasteiger partial charge in [-0.3, -0.25) is 9.47 Å². The van der Waals surface area contributed by atoms with Gasteiger partial charge in [0.25, 0.3) is 0 Å². The minimum absolute atomic E-state index is 0.105. The van der Waals surface area contributed by atoms with Crippen LogP contribution in [-0.4, -0.2) is 58.5 Å². The predicted molar refractivity (Wildman–Crippen MR) is 110 cm³/mol. The lowest BCUT2D eigenvalue weighted by Crippen LogP contribution is -2.36. The Bertz CT molecular complexity index is 1170. The average molecular weight is 454 g/mol. The van der Waals surface area contributed by atoms with Gasteiger partial charge in [-0.25, -0.2) is 13.4 Å². The fourth-order valence-corrected chi connectivity index (χ4v) is 6.00. The summed E-state index contributed by atoms with van der Waals surface area (Å²) in [6, 6.07) is 6.42. The van der Waals surface area contributed by atoms with Crippen LogP contribution in [0.3, 0.4) is 0 Å². The molecule has 0 bridgehead atoms. The van der Waals surface area contributed by atoms with Crippen LogP contribution in [0.25, 0.3) is 11.0 Å². The van der Waals surface area contributed by atoms with Crippen molar-refractivity contribution in [3.05, 3.63) is 41.5 Å². The zero-order chi connectivity index (χ0) is 22.3. The number of aryl methyl sites for hydroxylation is 2. The number of sulfonamides is 1. The maximum Gasteiger partial charge on any atom is 0.320 e. The van der Waals surface area contributed by atoms with Crippen LogP contribution in [0.4, 0.5) is 8.78 Å².